The van der Waals surface area contributed by atoms with Crippen molar-refractivity contribution in [2.24, 2.45) is 0 Å². The molecule has 0 spiro atoms. The van der Waals surface area contributed by atoms with Gasteiger partial charge in [-0.3, -0.25) is 37.7 Å². The molecule has 6 rings (SSSR count). The molecule has 234 valence electrons. The fourth-order valence-corrected chi connectivity index (χ4v) is 7.63. The van der Waals surface area contributed by atoms with E-state index < -0.39 is 68.0 Å². The Morgan fingerprint density at radius 2 is 1.81 bits per heavy atom. The number of aliphatic hydroxyl groups excluding tert-OH is 2. The molecular weight excluding hydrogens is 591 g/mol. The predicted molar refractivity (Wildman–Crippen MR) is 148 cm³/mol. The van der Waals surface area contributed by atoms with E-state index in [0.29, 0.717) is 18.7 Å². The average molecular weight is 625 g/mol. The van der Waals surface area contributed by atoms with Gasteiger partial charge in [0.1, 0.15) is 30.8 Å². The van der Waals surface area contributed by atoms with Crippen LogP contribution in [0.25, 0.3) is 11.2 Å². The molecule has 0 aromatic carbocycles. The molecule has 3 unspecified atom stereocenters. The van der Waals surface area contributed by atoms with Crippen LogP contribution in [0.1, 0.15) is 43.7 Å². The summed E-state index contributed by atoms with van der Waals surface area (Å²) in [6.07, 6.45) is -1.01. The lowest BCUT2D eigenvalue weighted by Crippen LogP contribution is -2.34. The summed E-state index contributed by atoms with van der Waals surface area (Å²) in [4.78, 5) is 49.1. The van der Waals surface area contributed by atoms with Gasteiger partial charge in [0.2, 0.25) is 5.95 Å². The van der Waals surface area contributed by atoms with E-state index in [1.165, 1.54) is 21.7 Å². The van der Waals surface area contributed by atoms with Crippen LogP contribution in [-0.2, 0) is 23.1 Å². The number of aromatic amines is 2. The molecule has 0 aliphatic carbocycles. The van der Waals surface area contributed by atoms with Crippen LogP contribution in [0, 0.1) is 6.92 Å². The molecule has 3 fully saturated rings. The van der Waals surface area contributed by atoms with Crippen molar-refractivity contribution in [2.75, 3.05) is 32.0 Å². The highest BCUT2D eigenvalue weighted by Gasteiger charge is 2.46. The second kappa shape index (κ2) is 11.7. The molecule has 7 atom stereocenters. The number of fused-ring (bicyclic) bond motifs is 1. The molecular formula is C24H33N8O10P. The molecule has 3 aromatic heterocycles. The minimum atomic E-state index is -4.01. The predicted octanol–water partition coefficient (Wildman–Crippen LogP) is -0.906. The third kappa shape index (κ3) is 5.72. The third-order valence-electron chi connectivity index (χ3n) is 7.88. The number of hydrogen-bond acceptors (Lipinski definition) is 13. The van der Waals surface area contributed by atoms with Gasteiger partial charge >= 0.3 is 13.4 Å². The molecule has 3 aliphatic heterocycles. The highest BCUT2D eigenvalue weighted by molar-refractivity contribution is 7.51. The van der Waals surface area contributed by atoms with Gasteiger partial charge in [-0.25, -0.2) is 19.0 Å². The summed E-state index contributed by atoms with van der Waals surface area (Å²) in [5, 5.41) is 20.8. The maximum absolute atomic E-state index is 14.3. The Hall–Kier alpha value is -3.22. The average Bonchev–Trinajstić information content (AvgIpc) is 3.76. The van der Waals surface area contributed by atoms with Gasteiger partial charge in [-0.15, -0.1) is 0 Å². The number of nitrogen functional groups attached to an aromatic ring is 1. The Labute approximate surface area is 243 Å². The highest BCUT2D eigenvalue weighted by Crippen LogP contribution is 2.57. The van der Waals surface area contributed by atoms with Gasteiger partial charge in [0.15, 0.2) is 11.2 Å². The Balaban J connectivity index is 1.19. The van der Waals surface area contributed by atoms with Crippen LogP contribution in [0.3, 0.4) is 0 Å². The smallest absolute Gasteiger partial charge is 0.394 e. The van der Waals surface area contributed by atoms with Gasteiger partial charge in [-0.1, -0.05) is 0 Å². The number of aryl methyl sites for hydroxylation is 1. The second-order valence-electron chi connectivity index (χ2n) is 10.8. The zero-order chi connectivity index (χ0) is 30.5. The summed E-state index contributed by atoms with van der Waals surface area (Å²) in [6.45, 7) is 1.66. The van der Waals surface area contributed by atoms with E-state index in [1.807, 2.05) is 0 Å². The zero-order valence-electron chi connectivity index (χ0n) is 23.2. The standard InChI is InChI=1S/C24H33N8O10P/c1-12-8-31(24(37)29-21(12)35)17-6-13(34)16(41-17)10-39-43(38,30-4-2-3-5-30)42-14-7-18(40-15(14)9-33)32-11-26-19-20(32)27-23(25)28-22(19)36/h8,11,13-18,33-34H,2-7,9-10H2,1H3,(H,29,35,37)(H3,25,27,28,36)/t13?,14?,15-,16-,17-,18-,43?/m1/s1. The fourth-order valence-electron chi connectivity index (χ4n) is 5.60. The van der Waals surface area contributed by atoms with Crippen LogP contribution in [0.5, 0.6) is 0 Å². The van der Waals surface area contributed by atoms with E-state index in [2.05, 4.69) is 19.9 Å². The first kappa shape index (κ1) is 29.8. The number of imidazole rings is 1. The van der Waals surface area contributed by atoms with Crippen molar-refractivity contribution in [1.82, 2.24) is 33.7 Å². The molecule has 3 saturated heterocycles. The van der Waals surface area contributed by atoms with E-state index >= 15 is 0 Å². The number of nitrogens with zero attached hydrogens (tertiary/aromatic N) is 5. The second-order valence-corrected chi connectivity index (χ2v) is 12.8. The summed E-state index contributed by atoms with van der Waals surface area (Å²) in [5.41, 5.74) is 4.54. The SMILES string of the molecule is Cc1cn([C@H]2CC(O)[C@@H](COP(=O)(OC3C[C@H](n4cnc5c(=O)[nH]c(N)nc54)O[C@@H]3CO)N3CCCC3)O2)c(=O)[nH]c1=O. The molecule has 0 saturated carbocycles. The zero-order valence-corrected chi connectivity index (χ0v) is 24.1. The van der Waals surface area contributed by atoms with Gasteiger partial charge in [0.05, 0.1) is 25.6 Å². The molecule has 0 radical (unpaired) electrons. The number of anilines is 1. The summed E-state index contributed by atoms with van der Waals surface area (Å²) >= 11 is 0. The normalized spacial score (nSPS) is 29.5. The van der Waals surface area contributed by atoms with Gasteiger partial charge in [0, 0.05) is 37.7 Å². The van der Waals surface area contributed by atoms with E-state index in [1.54, 1.807) is 11.6 Å². The van der Waals surface area contributed by atoms with Crippen LogP contribution >= 0.6 is 7.75 Å². The highest BCUT2D eigenvalue weighted by atomic mass is 31.2. The third-order valence-corrected chi connectivity index (χ3v) is 9.99. The lowest BCUT2D eigenvalue weighted by Gasteiger charge is -2.31. The molecule has 3 aromatic rings. The van der Waals surface area contributed by atoms with Crippen molar-refractivity contribution in [3.63, 3.8) is 0 Å². The van der Waals surface area contributed by atoms with Crippen molar-refractivity contribution >= 4 is 24.9 Å². The first-order valence-electron chi connectivity index (χ1n) is 13.9. The van der Waals surface area contributed by atoms with Crippen molar-refractivity contribution < 1.29 is 33.3 Å². The lowest BCUT2D eigenvalue weighted by atomic mass is 10.2. The van der Waals surface area contributed by atoms with Crippen molar-refractivity contribution in [3.8, 4) is 0 Å². The Kier molecular flexibility index (Phi) is 8.12. The van der Waals surface area contributed by atoms with Crippen LogP contribution in [0.4, 0.5) is 5.95 Å². The molecule has 0 bridgehead atoms. The molecule has 6 heterocycles. The topological polar surface area (TPSA) is 242 Å². The minimum absolute atomic E-state index is 0.0409. The van der Waals surface area contributed by atoms with Crippen LogP contribution in [-0.4, -0.2) is 94.7 Å². The largest absolute Gasteiger partial charge is 0.408 e. The fraction of sp³-hybridized carbons (Fsp3) is 0.625. The summed E-state index contributed by atoms with van der Waals surface area (Å²) in [6, 6.07) is 0. The molecule has 43 heavy (non-hydrogen) atoms. The van der Waals surface area contributed by atoms with E-state index in [-0.39, 0.29) is 36.6 Å². The molecule has 18 nitrogen and oxygen atoms in total. The number of aromatic nitrogens is 6. The maximum atomic E-state index is 14.3. The van der Waals surface area contributed by atoms with Crippen LogP contribution < -0.4 is 22.5 Å². The number of hydrogen-bond donors (Lipinski definition) is 5. The molecule has 3 aliphatic rings. The Morgan fingerprint density at radius 3 is 2.56 bits per heavy atom. The summed E-state index contributed by atoms with van der Waals surface area (Å²) < 4.78 is 42.5. The number of ether oxygens (including phenoxy) is 2. The number of rotatable bonds is 9. The van der Waals surface area contributed by atoms with Gasteiger partial charge in [0.25, 0.3) is 11.1 Å². The maximum Gasteiger partial charge on any atom is 0.408 e. The van der Waals surface area contributed by atoms with Crippen molar-refractivity contribution in [2.45, 2.75) is 69.5 Å². The molecule has 6 N–H and O–H groups in total. The number of H-pyrrole nitrogens is 2. The van der Waals surface area contributed by atoms with Gasteiger partial charge in [-0.05, 0) is 19.8 Å². The number of aliphatic hydroxyl groups is 2. The van der Waals surface area contributed by atoms with Gasteiger partial charge in [-0.2, -0.15) is 4.98 Å². The number of nitrogens with one attached hydrogen (secondary N) is 2. The van der Waals surface area contributed by atoms with Gasteiger partial charge < -0.3 is 25.4 Å². The van der Waals surface area contributed by atoms with Crippen LogP contribution in [0.2, 0.25) is 0 Å². The van der Waals surface area contributed by atoms with Crippen LogP contribution in [0.15, 0.2) is 26.9 Å². The Morgan fingerprint density at radius 1 is 1.09 bits per heavy atom. The van der Waals surface area contributed by atoms with E-state index in [0.717, 1.165) is 12.8 Å². The summed E-state index contributed by atoms with van der Waals surface area (Å²) in [7, 11) is -4.01. The first-order valence-corrected chi connectivity index (χ1v) is 15.4. The Bertz CT molecular complexity index is 1710. The monoisotopic (exact) mass is 624 g/mol. The first-order chi connectivity index (χ1) is 20.6. The van der Waals surface area contributed by atoms with Crippen molar-refractivity contribution in [1.29, 1.82) is 0 Å². The van der Waals surface area contributed by atoms with Crippen molar-refractivity contribution in [3.05, 3.63) is 49.3 Å². The molecule has 0 amide bonds. The quantitative estimate of drug-likeness (QED) is 0.181. The van der Waals surface area contributed by atoms with E-state index in [4.69, 9.17) is 24.3 Å². The summed E-state index contributed by atoms with van der Waals surface area (Å²) in [5.74, 6) is -0.102. The lowest BCUT2D eigenvalue weighted by molar-refractivity contribution is -0.0547. The molecule has 19 heteroatoms. The number of nitrogens with two attached hydrogens (primary N) is 1. The minimum Gasteiger partial charge on any atom is -0.394 e. The van der Waals surface area contributed by atoms with E-state index in [9.17, 15) is 29.2 Å².